The van der Waals surface area contributed by atoms with E-state index in [1.165, 1.54) is 17.0 Å². The largest absolute Gasteiger partial charge is 0.376 e. The van der Waals surface area contributed by atoms with Crippen LogP contribution in [0.15, 0.2) is 18.2 Å². The lowest BCUT2D eigenvalue weighted by Crippen LogP contribution is -2.36. The van der Waals surface area contributed by atoms with Crippen molar-refractivity contribution >= 4 is 23.4 Å². The van der Waals surface area contributed by atoms with Gasteiger partial charge in [-0.15, -0.1) is 0 Å². The molecule has 3 amide bonds. The summed E-state index contributed by atoms with van der Waals surface area (Å²) in [6, 6.07) is 6.29. The second-order valence-electron chi connectivity index (χ2n) is 5.50. The number of fused-ring (bicyclic) bond motifs is 1. The Balaban J connectivity index is 1.78. The van der Waals surface area contributed by atoms with Crippen LogP contribution in [0.25, 0.3) is 0 Å². The third-order valence-corrected chi connectivity index (χ3v) is 3.90. The SMILES string of the molecule is N#CCC(=O)Nc1ccc2c(c1)C(=O)N(CC1CCCO1)C2=O. The highest BCUT2D eigenvalue weighted by molar-refractivity contribution is 6.21. The Labute approximate surface area is 132 Å². The van der Waals surface area contributed by atoms with E-state index in [9.17, 15) is 14.4 Å². The number of nitrogens with one attached hydrogen (secondary N) is 1. The quantitative estimate of drug-likeness (QED) is 0.845. The minimum Gasteiger partial charge on any atom is -0.376 e. The fraction of sp³-hybridized carbons (Fsp3) is 0.375. The smallest absolute Gasteiger partial charge is 0.261 e. The van der Waals surface area contributed by atoms with Gasteiger partial charge in [-0.05, 0) is 31.0 Å². The number of imide groups is 1. The molecule has 0 aromatic heterocycles. The van der Waals surface area contributed by atoms with Crippen LogP contribution in [0.1, 0.15) is 40.0 Å². The van der Waals surface area contributed by atoms with Gasteiger partial charge in [0, 0.05) is 12.3 Å². The summed E-state index contributed by atoms with van der Waals surface area (Å²) in [6.45, 7) is 0.908. The first kappa shape index (κ1) is 15.2. The Morgan fingerprint density at radius 2 is 2.13 bits per heavy atom. The number of anilines is 1. The van der Waals surface area contributed by atoms with Crippen molar-refractivity contribution in [1.29, 1.82) is 5.26 Å². The predicted molar refractivity (Wildman–Crippen MR) is 79.6 cm³/mol. The number of hydrogen-bond donors (Lipinski definition) is 1. The van der Waals surface area contributed by atoms with Crippen LogP contribution < -0.4 is 5.32 Å². The van der Waals surface area contributed by atoms with Crippen LogP contribution in [0.4, 0.5) is 5.69 Å². The molecule has 2 aliphatic rings. The zero-order valence-corrected chi connectivity index (χ0v) is 12.4. The molecule has 1 aromatic rings. The van der Waals surface area contributed by atoms with Crippen LogP contribution in [0, 0.1) is 11.3 Å². The van der Waals surface area contributed by atoms with Gasteiger partial charge in [0.1, 0.15) is 6.42 Å². The highest BCUT2D eigenvalue weighted by atomic mass is 16.5. The van der Waals surface area contributed by atoms with E-state index in [1.54, 1.807) is 12.1 Å². The van der Waals surface area contributed by atoms with Crippen molar-refractivity contribution in [3.8, 4) is 6.07 Å². The molecule has 1 aromatic carbocycles. The summed E-state index contributed by atoms with van der Waals surface area (Å²) in [4.78, 5) is 37.4. The molecule has 1 N–H and O–H groups in total. The van der Waals surface area contributed by atoms with Gasteiger partial charge in [-0.25, -0.2) is 0 Å². The van der Waals surface area contributed by atoms with E-state index in [1.807, 2.05) is 0 Å². The predicted octanol–water partition coefficient (Wildman–Crippen LogP) is 1.31. The number of nitrogens with zero attached hydrogens (tertiary/aromatic N) is 2. The molecule has 0 bridgehead atoms. The number of hydrogen-bond acceptors (Lipinski definition) is 5. The molecule has 23 heavy (non-hydrogen) atoms. The number of ether oxygens (including phenoxy) is 1. The van der Waals surface area contributed by atoms with Crippen LogP contribution in [-0.4, -0.2) is 41.9 Å². The molecule has 3 rings (SSSR count). The van der Waals surface area contributed by atoms with E-state index in [-0.39, 0.29) is 36.4 Å². The van der Waals surface area contributed by atoms with Gasteiger partial charge in [-0.1, -0.05) is 0 Å². The fourth-order valence-corrected chi connectivity index (χ4v) is 2.80. The average molecular weight is 313 g/mol. The maximum atomic E-state index is 12.4. The molecule has 1 atom stereocenters. The van der Waals surface area contributed by atoms with Crippen LogP contribution >= 0.6 is 0 Å². The first-order valence-corrected chi connectivity index (χ1v) is 7.39. The Morgan fingerprint density at radius 3 is 2.83 bits per heavy atom. The lowest BCUT2D eigenvalue weighted by atomic mass is 10.1. The summed E-state index contributed by atoms with van der Waals surface area (Å²) >= 11 is 0. The monoisotopic (exact) mass is 313 g/mol. The van der Waals surface area contributed by atoms with Crippen LogP contribution in [0.3, 0.4) is 0 Å². The first-order chi connectivity index (χ1) is 11.1. The van der Waals surface area contributed by atoms with Crippen molar-refractivity contribution in [3.05, 3.63) is 29.3 Å². The Morgan fingerprint density at radius 1 is 1.35 bits per heavy atom. The molecule has 1 unspecified atom stereocenters. The van der Waals surface area contributed by atoms with Gasteiger partial charge in [-0.2, -0.15) is 5.26 Å². The van der Waals surface area contributed by atoms with Crippen LogP contribution in [0.5, 0.6) is 0 Å². The topological polar surface area (TPSA) is 99.5 Å². The summed E-state index contributed by atoms with van der Waals surface area (Å²) < 4.78 is 5.48. The van der Waals surface area contributed by atoms with Crippen molar-refractivity contribution in [3.63, 3.8) is 0 Å². The summed E-state index contributed by atoms with van der Waals surface area (Å²) in [7, 11) is 0. The van der Waals surface area contributed by atoms with Crippen molar-refractivity contribution in [2.45, 2.75) is 25.4 Å². The van der Waals surface area contributed by atoms with E-state index in [0.717, 1.165) is 12.8 Å². The molecular formula is C16H15N3O4. The molecule has 7 nitrogen and oxygen atoms in total. The van der Waals surface area contributed by atoms with Crippen molar-refractivity contribution in [1.82, 2.24) is 4.90 Å². The van der Waals surface area contributed by atoms with Crippen LogP contribution in [-0.2, 0) is 9.53 Å². The molecule has 7 heteroatoms. The minimum atomic E-state index is -0.458. The van der Waals surface area contributed by atoms with Crippen molar-refractivity contribution < 1.29 is 19.1 Å². The molecule has 0 radical (unpaired) electrons. The van der Waals surface area contributed by atoms with E-state index in [0.29, 0.717) is 17.9 Å². The van der Waals surface area contributed by atoms with E-state index in [2.05, 4.69) is 5.32 Å². The molecule has 2 aliphatic heterocycles. The number of carbonyl (C=O) groups is 3. The van der Waals surface area contributed by atoms with E-state index >= 15 is 0 Å². The second kappa shape index (κ2) is 6.18. The highest BCUT2D eigenvalue weighted by Crippen LogP contribution is 2.27. The molecule has 0 saturated carbocycles. The third kappa shape index (κ3) is 2.94. The van der Waals surface area contributed by atoms with Gasteiger partial charge >= 0.3 is 0 Å². The average Bonchev–Trinajstić information content (AvgIpc) is 3.11. The van der Waals surface area contributed by atoms with Crippen molar-refractivity contribution in [2.24, 2.45) is 0 Å². The van der Waals surface area contributed by atoms with Gasteiger partial charge in [0.05, 0.1) is 29.8 Å². The van der Waals surface area contributed by atoms with Gasteiger partial charge in [0.2, 0.25) is 5.91 Å². The fourth-order valence-electron chi connectivity index (χ4n) is 2.80. The van der Waals surface area contributed by atoms with E-state index < -0.39 is 5.91 Å². The van der Waals surface area contributed by atoms with Gasteiger partial charge in [-0.3, -0.25) is 19.3 Å². The molecule has 2 heterocycles. The van der Waals surface area contributed by atoms with E-state index in [4.69, 9.17) is 10.00 Å². The minimum absolute atomic E-state index is 0.105. The number of benzene rings is 1. The lowest BCUT2D eigenvalue weighted by Gasteiger charge is -2.17. The number of rotatable bonds is 4. The summed E-state index contributed by atoms with van der Waals surface area (Å²) in [5.41, 5.74) is 0.984. The molecule has 1 fully saturated rings. The first-order valence-electron chi connectivity index (χ1n) is 7.39. The van der Waals surface area contributed by atoms with Gasteiger partial charge in [0.25, 0.3) is 11.8 Å². The zero-order valence-electron chi connectivity index (χ0n) is 12.4. The second-order valence-corrected chi connectivity index (χ2v) is 5.50. The molecule has 1 saturated heterocycles. The lowest BCUT2D eigenvalue weighted by molar-refractivity contribution is -0.115. The number of nitriles is 1. The Kier molecular flexibility index (Phi) is 4.08. The summed E-state index contributed by atoms with van der Waals surface area (Å²) in [6.07, 6.45) is 1.40. The van der Waals surface area contributed by atoms with Gasteiger partial charge in [0.15, 0.2) is 0 Å². The Hall–Kier alpha value is -2.72. The maximum absolute atomic E-state index is 12.4. The van der Waals surface area contributed by atoms with Crippen molar-refractivity contribution in [2.75, 3.05) is 18.5 Å². The molecule has 0 spiro atoms. The normalized spacial score (nSPS) is 19.6. The molecule has 118 valence electrons. The Bertz CT molecular complexity index is 717. The number of amides is 3. The van der Waals surface area contributed by atoms with Gasteiger partial charge < -0.3 is 10.1 Å². The zero-order chi connectivity index (χ0) is 16.4. The maximum Gasteiger partial charge on any atom is 0.261 e. The highest BCUT2D eigenvalue weighted by Gasteiger charge is 2.37. The molecular weight excluding hydrogens is 298 g/mol. The standard InChI is InChI=1S/C16H15N3O4/c17-6-5-14(20)18-10-3-4-12-13(8-10)16(22)19(15(12)21)9-11-2-1-7-23-11/h3-4,8,11H,1-2,5,7,9H2,(H,18,20). The molecule has 0 aliphatic carbocycles. The van der Waals surface area contributed by atoms with Crippen LogP contribution in [0.2, 0.25) is 0 Å². The third-order valence-electron chi connectivity index (χ3n) is 3.90. The summed E-state index contributed by atoms with van der Waals surface area (Å²) in [5, 5.41) is 11.0. The summed E-state index contributed by atoms with van der Waals surface area (Å²) in [5.74, 6) is -1.17. The number of carbonyl (C=O) groups excluding carboxylic acids is 3.